The van der Waals surface area contributed by atoms with E-state index >= 15 is 0 Å². The normalized spacial score (nSPS) is 12.9. The highest BCUT2D eigenvalue weighted by molar-refractivity contribution is 8.68. The minimum absolute atomic E-state index is 0.00416. The van der Waals surface area contributed by atoms with Crippen LogP contribution < -0.4 is 5.32 Å². The Kier molecular flexibility index (Phi) is 8.39. The zero-order valence-electron chi connectivity index (χ0n) is 14.0. The lowest BCUT2D eigenvalue weighted by molar-refractivity contribution is -0.118. The topological polar surface area (TPSA) is 84.9 Å². The maximum Gasteiger partial charge on any atom is 0.405 e. The first-order chi connectivity index (χ1) is 11.2. The maximum atomic E-state index is 12.6. The molecular weight excluding hydrogens is 369 g/mol. The van der Waals surface area contributed by atoms with Crippen LogP contribution in [0.1, 0.15) is 36.9 Å². The van der Waals surface area contributed by atoms with Crippen molar-refractivity contribution in [2.24, 2.45) is 0 Å². The Morgan fingerprint density at radius 1 is 1.29 bits per heavy atom. The van der Waals surface area contributed by atoms with Crippen LogP contribution in [0.15, 0.2) is 24.3 Å². The predicted molar refractivity (Wildman–Crippen MR) is 100 cm³/mol. The number of carboxylic acid groups (broad SMARTS) is 1. The summed E-state index contributed by atoms with van der Waals surface area (Å²) in [6.07, 6.45) is -1.26. The summed E-state index contributed by atoms with van der Waals surface area (Å²) in [6, 6.07) is 6.39. The Hall–Kier alpha value is -0.920. The van der Waals surface area contributed by atoms with Gasteiger partial charge in [0.05, 0.1) is 5.75 Å². The van der Waals surface area contributed by atoms with E-state index in [2.05, 4.69) is 5.32 Å². The lowest BCUT2D eigenvalue weighted by Gasteiger charge is -2.20. The summed E-state index contributed by atoms with van der Waals surface area (Å²) in [5, 5.41) is 11.3. The number of hydrogen-bond donors (Lipinski definition) is 2. The Bertz CT molecular complexity index is 630. The molecule has 0 radical (unpaired) electrons. The fourth-order valence-electron chi connectivity index (χ4n) is 1.98. The molecule has 0 aromatic heterocycles. The third-order valence-electron chi connectivity index (χ3n) is 3.31. The first-order valence-electron chi connectivity index (χ1n) is 7.20. The highest BCUT2D eigenvalue weighted by Crippen LogP contribution is 2.59. The smallest absolute Gasteiger partial charge is 0.405 e. The molecule has 2 N–H and O–H groups in total. The van der Waals surface area contributed by atoms with Crippen LogP contribution in [-0.2, 0) is 25.6 Å². The van der Waals surface area contributed by atoms with Crippen LogP contribution in [0.4, 0.5) is 4.79 Å². The molecule has 0 aliphatic carbocycles. The van der Waals surface area contributed by atoms with Gasteiger partial charge in [-0.1, -0.05) is 49.5 Å². The fraction of sp³-hybridized carbons (Fsp3) is 0.467. The SMILES string of the molecule is COP(=S)(OC)SCC(=O)C(NC(=O)O)c1cccc(C(C)C)c1. The van der Waals surface area contributed by atoms with Crippen molar-refractivity contribution in [3.05, 3.63) is 35.4 Å². The Balaban J connectivity index is 3.00. The first kappa shape index (κ1) is 21.1. The third-order valence-corrected chi connectivity index (χ3v) is 9.01. The molecule has 1 atom stereocenters. The van der Waals surface area contributed by atoms with E-state index in [-0.39, 0.29) is 17.5 Å². The molecule has 0 heterocycles. The van der Waals surface area contributed by atoms with Crippen molar-refractivity contribution in [3.63, 3.8) is 0 Å². The largest absolute Gasteiger partial charge is 0.465 e. The van der Waals surface area contributed by atoms with Gasteiger partial charge < -0.3 is 19.5 Å². The third kappa shape index (κ3) is 6.18. The first-order valence-corrected chi connectivity index (χ1v) is 11.4. The quantitative estimate of drug-likeness (QED) is 0.617. The lowest BCUT2D eigenvalue weighted by atomic mass is 9.96. The minimum atomic E-state index is -2.57. The molecule has 1 aromatic carbocycles. The van der Waals surface area contributed by atoms with E-state index in [0.29, 0.717) is 5.56 Å². The van der Waals surface area contributed by atoms with Crippen molar-refractivity contribution in [2.45, 2.75) is 25.8 Å². The van der Waals surface area contributed by atoms with Gasteiger partial charge in [0, 0.05) is 14.2 Å². The van der Waals surface area contributed by atoms with Crippen LogP contribution in [0, 0.1) is 0 Å². The zero-order valence-corrected chi connectivity index (χ0v) is 16.5. The second-order valence-electron chi connectivity index (χ2n) is 5.26. The van der Waals surface area contributed by atoms with Crippen LogP contribution in [0.3, 0.4) is 0 Å². The standard InChI is InChI=1S/C15H22NO5PS2/c1-10(2)11-6-5-7-12(8-11)14(16-15(18)19)13(17)9-24-22(23,20-3)21-4/h5-8,10,14,16H,9H2,1-4H3,(H,18,19). The molecule has 134 valence electrons. The summed E-state index contributed by atoms with van der Waals surface area (Å²) in [7, 11) is 2.86. The van der Waals surface area contributed by atoms with Gasteiger partial charge in [-0.15, -0.1) is 0 Å². The predicted octanol–water partition coefficient (Wildman–Crippen LogP) is 3.94. The highest BCUT2D eigenvalue weighted by atomic mass is 32.9. The lowest BCUT2D eigenvalue weighted by Crippen LogP contribution is -2.33. The van der Waals surface area contributed by atoms with E-state index in [1.807, 2.05) is 32.0 Å². The van der Waals surface area contributed by atoms with Crippen LogP contribution in [0.5, 0.6) is 0 Å². The van der Waals surface area contributed by atoms with E-state index in [0.717, 1.165) is 16.9 Å². The summed E-state index contributed by atoms with van der Waals surface area (Å²) in [5.41, 5.74) is -0.932. The summed E-state index contributed by atoms with van der Waals surface area (Å²) < 4.78 is 10.3. The molecular formula is C15H22NO5PS2. The van der Waals surface area contributed by atoms with Gasteiger partial charge in [0.15, 0.2) is 5.78 Å². The number of rotatable bonds is 9. The second-order valence-corrected chi connectivity index (χ2v) is 11.8. The summed E-state index contributed by atoms with van der Waals surface area (Å²) in [5.74, 6) is -0.0322. The minimum Gasteiger partial charge on any atom is -0.465 e. The molecule has 0 spiro atoms. The van der Waals surface area contributed by atoms with Gasteiger partial charge in [-0.2, -0.15) is 0 Å². The van der Waals surface area contributed by atoms with Gasteiger partial charge in [0.2, 0.25) is 5.69 Å². The van der Waals surface area contributed by atoms with Crippen LogP contribution in [0.25, 0.3) is 0 Å². The van der Waals surface area contributed by atoms with Crippen molar-refractivity contribution in [1.29, 1.82) is 0 Å². The number of amides is 1. The number of benzene rings is 1. The van der Waals surface area contributed by atoms with Crippen molar-refractivity contribution in [3.8, 4) is 0 Å². The van der Waals surface area contributed by atoms with Crippen molar-refractivity contribution < 1.29 is 23.7 Å². The average molecular weight is 391 g/mol. The molecule has 0 saturated heterocycles. The van der Waals surface area contributed by atoms with Crippen LogP contribution in [0.2, 0.25) is 0 Å². The number of Topliss-reactive ketones (excluding diaryl/α,β-unsaturated/α-hetero) is 1. The molecule has 0 bridgehead atoms. The molecule has 1 aromatic rings. The van der Waals surface area contributed by atoms with Gasteiger partial charge in [-0.3, -0.25) is 4.79 Å². The Labute approximate surface area is 151 Å². The molecule has 0 saturated carbocycles. The Morgan fingerprint density at radius 2 is 1.88 bits per heavy atom. The fourth-order valence-corrected chi connectivity index (χ4v) is 4.75. The number of carbonyl (C=O) groups is 2. The van der Waals surface area contributed by atoms with E-state index < -0.39 is 17.8 Å². The second kappa shape index (κ2) is 9.53. The number of carbonyl (C=O) groups excluding carboxylic acids is 1. The van der Waals surface area contributed by atoms with Crippen molar-refractivity contribution >= 4 is 40.8 Å². The highest BCUT2D eigenvalue weighted by Gasteiger charge is 2.26. The van der Waals surface area contributed by atoms with Gasteiger partial charge in [0.25, 0.3) is 0 Å². The molecule has 0 aliphatic heterocycles. The van der Waals surface area contributed by atoms with Crippen molar-refractivity contribution in [2.75, 3.05) is 20.0 Å². The molecule has 1 amide bonds. The molecule has 1 rings (SSSR count). The van der Waals surface area contributed by atoms with Gasteiger partial charge in [0.1, 0.15) is 6.04 Å². The zero-order chi connectivity index (χ0) is 18.3. The molecule has 9 heteroatoms. The molecule has 0 fully saturated rings. The van der Waals surface area contributed by atoms with E-state index in [1.54, 1.807) is 6.07 Å². The van der Waals surface area contributed by atoms with Crippen LogP contribution >= 0.6 is 17.1 Å². The number of nitrogens with one attached hydrogen (secondary N) is 1. The summed E-state index contributed by atoms with van der Waals surface area (Å²) in [6.45, 7) is 4.06. The van der Waals surface area contributed by atoms with E-state index in [9.17, 15) is 9.59 Å². The van der Waals surface area contributed by atoms with E-state index in [1.165, 1.54) is 14.2 Å². The summed E-state index contributed by atoms with van der Waals surface area (Å²) in [4.78, 5) is 23.6. The maximum absolute atomic E-state index is 12.6. The van der Waals surface area contributed by atoms with Crippen molar-refractivity contribution in [1.82, 2.24) is 5.32 Å². The molecule has 1 unspecified atom stereocenters. The Morgan fingerprint density at radius 3 is 2.38 bits per heavy atom. The van der Waals surface area contributed by atoms with E-state index in [4.69, 9.17) is 26.0 Å². The van der Waals surface area contributed by atoms with Gasteiger partial charge >= 0.3 is 6.09 Å². The van der Waals surface area contributed by atoms with Crippen LogP contribution in [-0.4, -0.2) is 37.0 Å². The molecule has 0 aliphatic rings. The van der Waals surface area contributed by atoms with Gasteiger partial charge in [-0.05, 0) is 28.9 Å². The monoisotopic (exact) mass is 391 g/mol. The summed E-state index contributed by atoms with van der Waals surface area (Å²) >= 11 is 6.30. The average Bonchev–Trinajstić information content (AvgIpc) is 2.57. The number of ketones is 1. The number of hydrogen-bond acceptors (Lipinski definition) is 6. The van der Waals surface area contributed by atoms with Gasteiger partial charge in [-0.25, -0.2) is 4.79 Å². The molecule has 24 heavy (non-hydrogen) atoms. The molecule has 6 nitrogen and oxygen atoms in total.